The van der Waals surface area contributed by atoms with E-state index in [1.54, 1.807) is 26.0 Å². The molecule has 0 N–H and O–H groups in total. The number of methoxy groups -OCH3 is 2. The summed E-state index contributed by atoms with van der Waals surface area (Å²) in [4.78, 5) is 14.0. The van der Waals surface area contributed by atoms with Crippen molar-refractivity contribution in [1.29, 1.82) is 0 Å². The molecule has 1 fully saturated rings. The van der Waals surface area contributed by atoms with Crippen LogP contribution in [0.3, 0.4) is 0 Å². The molecule has 6 heteroatoms. The van der Waals surface area contributed by atoms with Gasteiger partial charge in [-0.25, -0.2) is 0 Å². The molecule has 1 aromatic rings. The first kappa shape index (κ1) is 16.4. The highest BCUT2D eigenvalue weighted by atomic mass is 32.2. The van der Waals surface area contributed by atoms with E-state index in [9.17, 15) is 4.79 Å². The molecule has 0 bridgehead atoms. The Hall–Kier alpha value is -1.01. The Labute approximate surface area is 134 Å². The molecule has 0 saturated carbocycles. The Kier molecular flexibility index (Phi) is 6.11. The maximum atomic E-state index is 12.1. The Morgan fingerprint density at radius 1 is 1.33 bits per heavy atom. The van der Waals surface area contributed by atoms with Crippen LogP contribution in [-0.2, 0) is 4.79 Å². The lowest BCUT2D eigenvalue weighted by atomic mass is 10.2. The second kappa shape index (κ2) is 7.84. The third kappa shape index (κ3) is 3.80. The molecule has 0 aromatic heterocycles. The Balaban J connectivity index is 2.17. The summed E-state index contributed by atoms with van der Waals surface area (Å²) < 4.78 is 10.6. The van der Waals surface area contributed by atoms with Gasteiger partial charge < -0.3 is 14.4 Å². The van der Waals surface area contributed by atoms with Crippen LogP contribution >= 0.6 is 23.5 Å². The van der Waals surface area contributed by atoms with E-state index in [0.29, 0.717) is 17.3 Å². The SMILES string of the molecule is CCSCCN1C(=O)CSC1c1ccc(OC)c(OC)c1. The Morgan fingerprint density at radius 3 is 2.76 bits per heavy atom. The van der Waals surface area contributed by atoms with Crippen molar-refractivity contribution in [3.63, 3.8) is 0 Å². The summed E-state index contributed by atoms with van der Waals surface area (Å²) >= 11 is 3.53. The fourth-order valence-corrected chi connectivity index (χ4v) is 4.11. The topological polar surface area (TPSA) is 38.8 Å². The zero-order valence-electron chi connectivity index (χ0n) is 12.6. The van der Waals surface area contributed by atoms with E-state index < -0.39 is 0 Å². The highest BCUT2D eigenvalue weighted by Gasteiger charge is 2.32. The van der Waals surface area contributed by atoms with Gasteiger partial charge in [0, 0.05) is 12.3 Å². The van der Waals surface area contributed by atoms with E-state index in [1.807, 2.05) is 34.9 Å². The second-order valence-corrected chi connectivity index (χ2v) is 7.02. The number of rotatable bonds is 7. The van der Waals surface area contributed by atoms with Crippen molar-refractivity contribution in [1.82, 2.24) is 4.90 Å². The van der Waals surface area contributed by atoms with Gasteiger partial charge in [-0.2, -0.15) is 11.8 Å². The van der Waals surface area contributed by atoms with Gasteiger partial charge >= 0.3 is 0 Å². The number of nitrogens with zero attached hydrogens (tertiary/aromatic N) is 1. The molecule has 4 nitrogen and oxygen atoms in total. The van der Waals surface area contributed by atoms with Crippen molar-refractivity contribution >= 4 is 29.4 Å². The van der Waals surface area contributed by atoms with Crippen molar-refractivity contribution in [3.8, 4) is 11.5 Å². The van der Waals surface area contributed by atoms with Gasteiger partial charge in [0.2, 0.25) is 5.91 Å². The standard InChI is InChI=1S/C15H21NO3S2/c1-4-20-8-7-16-14(17)10-21-15(16)11-5-6-12(18-2)13(9-11)19-3/h5-6,9,15H,4,7-8,10H2,1-3H3. The number of thioether (sulfide) groups is 2. The van der Waals surface area contributed by atoms with E-state index in [0.717, 1.165) is 23.6 Å². The molecule has 1 aliphatic rings. The highest BCUT2D eigenvalue weighted by molar-refractivity contribution is 8.00. The fraction of sp³-hybridized carbons (Fsp3) is 0.533. The van der Waals surface area contributed by atoms with E-state index >= 15 is 0 Å². The van der Waals surface area contributed by atoms with Crippen molar-refractivity contribution < 1.29 is 14.3 Å². The maximum Gasteiger partial charge on any atom is 0.233 e. The van der Waals surface area contributed by atoms with Gasteiger partial charge in [0.1, 0.15) is 5.37 Å². The summed E-state index contributed by atoms with van der Waals surface area (Å²) in [5.74, 6) is 4.25. The molecule has 1 aliphatic heterocycles. The Bertz CT molecular complexity index is 496. The lowest BCUT2D eigenvalue weighted by Crippen LogP contribution is -2.30. The van der Waals surface area contributed by atoms with Crippen molar-refractivity contribution in [2.45, 2.75) is 12.3 Å². The number of ether oxygens (including phenoxy) is 2. The molecule has 0 radical (unpaired) electrons. The van der Waals surface area contributed by atoms with Gasteiger partial charge in [-0.15, -0.1) is 11.8 Å². The third-order valence-corrected chi connectivity index (χ3v) is 5.48. The van der Waals surface area contributed by atoms with Gasteiger partial charge in [0.25, 0.3) is 0 Å². The molecule has 116 valence electrons. The first-order chi connectivity index (χ1) is 10.2. The van der Waals surface area contributed by atoms with Gasteiger partial charge in [-0.05, 0) is 23.4 Å². The molecule has 1 amide bonds. The number of hydrogen-bond donors (Lipinski definition) is 0. The molecule has 21 heavy (non-hydrogen) atoms. The smallest absolute Gasteiger partial charge is 0.233 e. The van der Waals surface area contributed by atoms with Crippen LogP contribution in [-0.4, -0.2) is 48.8 Å². The minimum Gasteiger partial charge on any atom is -0.493 e. The van der Waals surface area contributed by atoms with Crippen molar-refractivity contribution in [2.24, 2.45) is 0 Å². The van der Waals surface area contributed by atoms with Crippen LogP contribution in [0.1, 0.15) is 17.9 Å². The predicted molar refractivity (Wildman–Crippen MR) is 89.5 cm³/mol. The number of benzene rings is 1. The molecule has 2 rings (SSSR count). The highest BCUT2D eigenvalue weighted by Crippen LogP contribution is 2.41. The first-order valence-corrected chi connectivity index (χ1v) is 9.12. The number of hydrogen-bond acceptors (Lipinski definition) is 5. The summed E-state index contributed by atoms with van der Waals surface area (Å²) in [7, 11) is 3.25. The van der Waals surface area contributed by atoms with Crippen molar-refractivity contribution in [3.05, 3.63) is 23.8 Å². The quantitative estimate of drug-likeness (QED) is 0.720. The number of carbonyl (C=O) groups excluding carboxylic acids is 1. The molecule has 1 aromatic carbocycles. The van der Waals surface area contributed by atoms with Gasteiger partial charge in [-0.3, -0.25) is 4.79 Å². The van der Waals surface area contributed by atoms with Crippen LogP contribution in [0.5, 0.6) is 11.5 Å². The minimum atomic E-state index is 0.0785. The third-order valence-electron chi connectivity index (χ3n) is 3.34. The van der Waals surface area contributed by atoms with Crippen LogP contribution < -0.4 is 9.47 Å². The molecular formula is C15H21NO3S2. The predicted octanol–water partition coefficient (Wildman–Crippen LogP) is 3.03. The molecule has 1 heterocycles. The summed E-state index contributed by atoms with van der Waals surface area (Å²) in [6.45, 7) is 2.93. The molecule has 1 atom stereocenters. The summed E-state index contributed by atoms with van der Waals surface area (Å²) in [6.07, 6.45) is 0. The molecule has 0 spiro atoms. The van der Waals surface area contributed by atoms with Crippen LogP contribution in [0.4, 0.5) is 0 Å². The fourth-order valence-electron chi connectivity index (χ4n) is 2.29. The second-order valence-electron chi connectivity index (χ2n) is 4.56. The van der Waals surface area contributed by atoms with Crippen LogP contribution in [0.15, 0.2) is 18.2 Å². The molecule has 1 unspecified atom stereocenters. The first-order valence-electron chi connectivity index (χ1n) is 6.92. The molecule has 1 saturated heterocycles. The molecule has 0 aliphatic carbocycles. The zero-order valence-corrected chi connectivity index (χ0v) is 14.3. The zero-order chi connectivity index (χ0) is 15.2. The van der Waals surface area contributed by atoms with Gasteiger partial charge in [-0.1, -0.05) is 13.0 Å². The lowest BCUT2D eigenvalue weighted by molar-refractivity contribution is -0.127. The average molecular weight is 327 g/mol. The Morgan fingerprint density at radius 2 is 2.10 bits per heavy atom. The van der Waals surface area contributed by atoms with E-state index in [2.05, 4.69) is 6.92 Å². The summed E-state index contributed by atoms with van der Waals surface area (Å²) in [5.41, 5.74) is 1.09. The molecular weight excluding hydrogens is 306 g/mol. The van der Waals surface area contributed by atoms with Crippen LogP contribution in [0, 0.1) is 0 Å². The van der Waals surface area contributed by atoms with Gasteiger partial charge in [0.05, 0.1) is 20.0 Å². The van der Waals surface area contributed by atoms with E-state index in [1.165, 1.54) is 0 Å². The van der Waals surface area contributed by atoms with E-state index in [-0.39, 0.29) is 11.3 Å². The maximum absolute atomic E-state index is 12.1. The summed E-state index contributed by atoms with van der Waals surface area (Å²) in [5, 5.41) is 0.0785. The van der Waals surface area contributed by atoms with Crippen molar-refractivity contribution in [2.75, 3.05) is 38.0 Å². The normalized spacial score (nSPS) is 18.1. The lowest BCUT2D eigenvalue weighted by Gasteiger charge is -2.24. The largest absolute Gasteiger partial charge is 0.493 e. The number of carbonyl (C=O) groups is 1. The number of amides is 1. The van der Waals surface area contributed by atoms with E-state index in [4.69, 9.17) is 9.47 Å². The monoisotopic (exact) mass is 327 g/mol. The average Bonchev–Trinajstić information content (AvgIpc) is 2.88. The summed E-state index contributed by atoms with van der Waals surface area (Å²) in [6, 6.07) is 5.88. The van der Waals surface area contributed by atoms with Gasteiger partial charge in [0.15, 0.2) is 11.5 Å². The van der Waals surface area contributed by atoms with Crippen LogP contribution in [0.2, 0.25) is 0 Å². The van der Waals surface area contributed by atoms with Crippen LogP contribution in [0.25, 0.3) is 0 Å². The minimum absolute atomic E-state index is 0.0785.